The molecule has 2 unspecified atom stereocenters. The number of hydrogen-bond acceptors (Lipinski definition) is 12. The van der Waals surface area contributed by atoms with Crippen LogP contribution in [-0.4, -0.2) is 108 Å². The first-order valence-electron chi connectivity index (χ1n) is 21.8. The van der Waals surface area contributed by atoms with Crippen molar-refractivity contribution in [1.29, 1.82) is 0 Å². The quantitative estimate of drug-likeness (QED) is 0.105. The van der Waals surface area contributed by atoms with Crippen LogP contribution in [0.15, 0.2) is 60.8 Å². The standard InChI is InChI=1S/C46H58BFN6O10.ClH/c1-44(2,3)62-42(58)31-16-11-15-28(38(31)60-7)21-35(47-63-34-23-29-22-33(45(29,4)5)46(34,6)64-47)51-39(55)37(52-43(59)54-20-19-53(18-12-17-49)40(56)41(54)57)36-32(48)24-30(25-50-36)61-26-27-13-9-8-10-14-27;/h8-11,13-16,24-25,29,33-35,37H,12,17-23,26,49H2,1-7H3,(H,51,55)(H,52,59);1H/t29-,33-,34+,35?,37?,46-;/m0./s1. The van der Waals surface area contributed by atoms with Crippen LogP contribution in [0.3, 0.4) is 0 Å². The maximum Gasteiger partial charge on any atom is 0.482 e. The lowest BCUT2D eigenvalue weighted by Crippen LogP contribution is -2.65. The number of para-hydroxylation sites is 1. The second kappa shape index (κ2) is 19.7. The summed E-state index contributed by atoms with van der Waals surface area (Å²) >= 11 is 0. The number of nitrogens with two attached hydrogens (primary N) is 1. The first-order valence-corrected chi connectivity index (χ1v) is 21.8. The van der Waals surface area contributed by atoms with Crippen LogP contribution in [0.1, 0.15) is 94.0 Å². The van der Waals surface area contributed by atoms with Crippen molar-refractivity contribution in [2.75, 3.05) is 33.3 Å². The summed E-state index contributed by atoms with van der Waals surface area (Å²) < 4.78 is 47.2. The van der Waals surface area contributed by atoms with E-state index in [0.29, 0.717) is 29.3 Å². The molecule has 2 aromatic carbocycles. The zero-order chi connectivity index (χ0) is 46.1. The highest BCUT2D eigenvalue weighted by Crippen LogP contribution is 2.65. The third-order valence-electron chi connectivity index (χ3n) is 13.1. The fourth-order valence-electron chi connectivity index (χ4n) is 9.56. The van der Waals surface area contributed by atoms with E-state index in [1.54, 1.807) is 39.0 Å². The van der Waals surface area contributed by atoms with E-state index < -0.39 is 71.5 Å². The second-order valence-corrected chi connectivity index (χ2v) is 18.7. The van der Waals surface area contributed by atoms with Crippen LogP contribution in [0.5, 0.6) is 11.5 Å². The Morgan fingerprint density at radius 3 is 2.43 bits per heavy atom. The molecule has 6 atom stereocenters. The summed E-state index contributed by atoms with van der Waals surface area (Å²) in [4.78, 5) is 74.8. The number of rotatable bonds is 15. The van der Waals surface area contributed by atoms with Gasteiger partial charge in [-0.2, -0.15) is 0 Å². The smallest absolute Gasteiger partial charge is 0.482 e. The maximum atomic E-state index is 16.3. The predicted molar refractivity (Wildman–Crippen MR) is 239 cm³/mol. The van der Waals surface area contributed by atoms with E-state index >= 15 is 4.39 Å². The lowest BCUT2D eigenvalue weighted by atomic mass is 9.43. The number of pyridine rings is 1. The Hall–Kier alpha value is -5.30. The number of aromatic nitrogens is 1. The molecular weight excluding hydrogens is 862 g/mol. The van der Waals surface area contributed by atoms with Gasteiger partial charge in [-0.05, 0) is 94.4 Å². The number of methoxy groups -OCH3 is 1. The highest BCUT2D eigenvalue weighted by Gasteiger charge is 2.68. The van der Waals surface area contributed by atoms with Crippen molar-refractivity contribution in [1.82, 2.24) is 25.4 Å². The summed E-state index contributed by atoms with van der Waals surface area (Å²) in [7, 11) is 0.373. The van der Waals surface area contributed by atoms with Crippen molar-refractivity contribution in [2.45, 2.75) is 103 Å². The fourth-order valence-corrected chi connectivity index (χ4v) is 9.56. The van der Waals surface area contributed by atoms with Crippen molar-refractivity contribution in [2.24, 2.45) is 23.0 Å². The molecule has 2 saturated heterocycles. The third kappa shape index (κ3) is 10.3. The van der Waals surface area contributed by atoms with Crippen molar-refractivity contribution >= 4 is 49.2 Å². The minimum absolute atomic E-state index is 0. The number of imide groups is 1. The summed E-state index contributed by atoms with van der Waals surface area (Å²) in [6.07, 6.45) is 3.07. The van der Waals surface area contributed by atoms with E-state index in [0.717, 1.165) is 24.5 Å². The molecule has 5 amide bonds. The molecule has 2 bridgehead atoms. The number of amides is 5. The Bertz CT molecular complexity index is 2270. The van der Waals surface area contributed by atoms with Gasteiger partial charge in [-0.3, -0.25) is 24.3 Å². The Kier molecular flexibility index (Phi) is 14.9. The van der Waals surface area contributed by atoms with Crippen molar-refractivity contribution in [3.63, 3.8) is 0 Å². The van der Waals surface area contributed by atoms with Gasteiger partial charge in [0.2, 0.25) is 5.91 Å². The normalized spacial score (nSPS) is 23.0. The molecule has 19 heteroatoms. The SMILES string of the molecule is COc1c(CC(NC(=O)C(NC(=O)N2CCN(CCCN)C(=O)C2=O)c2ncc(OCc3ccccc3)cc2F)B2O[C@@H]3C[C@@H]4C[C@@H](C4(C)C)[C@]3(C)O2)cccc1C(=O)OC(C)(C)C.Cl. The molecule has 16 nitrogen and oxygen atoms in total. The number of nitrogens with zero attached hydrogens (tertiary/aromatic N) is 3. The number of carbonyl (C=O) groups excluding carboxylic acids is 5. The highest BCUT2D eigenvalue weighted by atomic mass is 35.5. The van der Waals surface area contributed by atoms with Gasteiger partial charge < -0.3 is 44.8 Å². The molecule has 2 aliphatic heterocycles. The Balaban J connectivity index is 0.00000700. The lowest BCUT2D eigenvalue weighted by molar-refractivity contribution is -0.199. The van der Waals surface area contributed by atoms with Gasteiger partial charge in [0.15, 0.2) is 11.9 Å². The summed E-state index contributed by atoms with van der Waals surface area (Å²) in [5.41, 5.74) is 5.09. The first-order chi connectivity index (χ1) is 30.3. The molecule has 3 aromatic rings. The molecule has 4 N–H and O–H groups in total. The summed E-state index contributed by atoms with van der Waals surface area (Å²) in [6.45, 7) is 12.2. The van der Waals surface area contributed by atoms with Crippen LogP contribution in [0.25, 0.3) is 0 Å². The number of urea groups is 1. The van der Waals surface area contributed by atoms with E-state index in [2.05, 4.69) is 29.5 Å². The van der Waals surface area contributed by atoms with E-state index in [9.17, 15) is 24.0 Å². The van der Waals surface area contributed by atoms with Crippen molar-refractivity contribution < 1.29 is 51.9 Å². The summed E-state index contributed by atoms with van der Waals surface area (Å²) in [5, 5.41) is 5.46. The number of ether oxygens (including phenoxy) is 3. The average molecular weight is 921 g/mol. The Labute approximate surface area is 385 Å². The minimum Gasteiger partial charge on any atom is -0.496 e. The van der Waals surface area contributed by atoms with E-state index in [1.165, 1.54) is 18.2 Å². The summed E-state index contributed by atoms with van der Waals surface area (Å²) in [6, 6.07) is 12.3. The van der Waals surface area contributed by atoms with Gasteiger partial charge in [0, 0.05) is 25.7 Å². The third-order valence-corrected chi connectivity index (χ3v) is 13.1. The van der Waals surface area contributed by atoms with Crippen LogP contribution in [-0.2, 0) is 41.5 Å². The van der Waals surface area contributed by atoms with Gasteiger partial charge in [-0.1, -0.05) is 56.3 Å². The first kappa shape index (κ1) is 49.1. The molecule has 3 saturated carbocycles. The number of esters is 1. The van der Waals surface area contributed by atoms with Crippen molar-refractivity contribution in [3.8, 4) is 11.5 Å². The monoisotopic (exact) mass is 920 g/mol. The van der Waals surface area contributed by atoms with Crippen LogP contribution in [0.2, 0.25) is 0 Å². The molecule has 3 aliphatic carbocycles. The molecule has 8 rings (SSSR count). The van der Waals surface area contributed by atoms with Crippen molar-refractivity contribution in [3.05, 3.63) is 89.0 Å². The topological polar surface area (TPSA) is 201 Å². The fraction of sp³-hybridized carbons (Fsp3) is 0.522. The zero-order valence-electron chi connectivity index (χ0n) is 37.9. The molecule has 0 spiro atoms. The molecular formula is C46H59BClFN6O10. The number of hydrogen-bond donors (Lipinski definition) is 3. The van der Waals surface area contributed by atoms with Gasteiger partial charge in [0.25, 0.3) is 0 Å². The molecule has 350 valence electrons. The van der Waals surface area contributed by atoms with Crippen LogP contribution in [0, 0.1) is 23.1 Å². The Morgan fingerprint density at radius 2 is 1.77 bits per heavy atom. The van der Waals surface area contributed by atoms with Crippen LogP contribution < -0.4 is 25.8 Å². The predicted octanol–water partition coefficient (Wildman–Crippen LogP) is 4.95. The maximum absolute atomic E-state index is 16.3. The number of halogens is 2. The van der Waals surface area contributed by atoms with Gasteiger partial charge in [0.05, 0.1) is 31.0 Å². The Morgan fingerprint density at radius 1 is 1.03 bits per heavy atom. The minimum atomic E-state index is -1.85. The van der Waals surface area contributed by atoms with Gasteiger partial charge in [0.1, 0.15) is 35.0 Å². The molecule has 1 aromatic heterocycles. The molecule has 0 radical (unpaired) electrons. The van der Waals surface area contributed by atoms with E-state index in [4.69, 9.17) is 29.3 Å². The largest absolute Gasteiger partial charge is 0.496 e. The number of piperazine rings is 1. The molecule has 5 fully saturated rings. The second-order valence-electron chi connectivity index (χ2n) is 18.7. The van der Waals surface area contributed by atoms with Gasteiger partial charge >= 0.3 is 30.9 Å². The van der Waals surface area contributed by atoms with E-state index in [1.807, 2.05) is 37.3 Å². The molecule has 5 aliphatic rings. The molecule has 3 heterocycles. The lowest BCUT2D eigenvalue weighted by Gasteiger charge is -2.64. The molecule has 65 heavy (non-hydrogen) atoms. The van der Waals surface area contributed by atoms with Gasteiger partial charge in [-0.15, -0.1) is 12.4 Å². The average Bonchev–Trinajstić information content (AvgIpc) is 3.62. The number of carbonyl (C=O) groups is 5. The highest BCUT2D eigenvalue weighted by molar-refractivity contribution is 6.48. The van der Waals surface area contributed by atoms with Crippen LogP contribution >= 0.6 is 12.4 Å². The number of benzene rings is 2. The van der Waals surface area contributed by atoms with Crippen LogP contribution in [0.4, 0.5) is 9.18 Å². The zero-order valence-corrected chi connectivity index (χ0v) is 38.7. The van der Waals surface area contributed by atoms with E-state index in [-0.39, 0.29) is 79.6 Å². The van der Waals surface area contributed by atoms with Gasteiger partial charge in [-0.25, -0.2) is 14.0 Å². The number of nitrogens with one attached hydrogen (secondary N) is 2. The summed E-state index contributed by atoms with van der Waals surface area (Å²) in [5.74, 6) is -4.73.